The van der Waals surface area contributed by atoms with E-state index in [1.165, 1.54) is 27.7 Å². The van der Waals surface area contributed by atoms with Crippen LogP contribution in [0.15, 0.2) is 39.6 Å². The average Bonchev–Trinajstić information content (AvgIpc) is 3.03. The fourth-order valence-electron chi connectivity index (χ4n) is 2.29. The zero-order valence-electron chi connectivity index (χ0n) is 13.0. The lowest BCUT2D eigenvalue weighted by Gasteiger charge is -2.12. The quantitative estimate of drug-likeness (QED) is 0.553. The summed E-state index contributed by atoms with van der Waals surface area (Å²) in [6, 6.07) is 7.11. The number of halogens is 1. The maximum Gasteiger partial charge on any atom is 0.272 e. The minimum absolute atomic E-state index is 0.0954. The van der Waals surface area contributed by atoms with Gasteiger partial charge in [0, 0.05) is 10.7 Å². The lowest BCUT2D eigenvalue weighted by Crippen LogP contribution is -2.29. The Kier molecular flexibility index (Phi) is 4.93. The second-order valence-corrected chi connectivity index (χ2v) is 7.18. The Bertz CT molecular complexity index is 981. The first-order chi connectivity index (χ1) is 11.5. The molecule has 124 valence electrons. The second kappa shape index (κ2) is 6.96. The minimum atomic E-state index is -0.296. The number of amides is 1. The van der Waals surface area contributed by atoms with Crippen LogP contribution in [0.25, 0.3) is 10.2 Å². The van der Waals surface area contributed by atoms with Crippen molar-refractivity contribution in [3.8, 4) is 0 Å². The molecule has 24 heavy (non-hydrogen) atoms. The number of rotatable bonds is 4. The van der Waals surface area contributed by atoms with Crippen LogP contribution >= 0.6 is 34.7 Å². The molecule has 0 bridgehead atoms. The fourth-order valence-corrected chi connectivity index (χ4v) is 3.81. The number of aromatic nitrogens is 2. The zero-order chi connectivity index (χ0) is 17.3. The van der Waals surface area contributed by atoms with Crippen molar-refractivity contribution in [3.05, 3.63) is 50.6 Å². The summed E-state index contributed by atoms with van der Waals surface area (Å²) in [5.41, 5.74) is 1.89. The SMILES string of the molecule is CSc1nc2ccsc2c(=O)n1CC(=O)Nc1cccc(Cl)c1C. The standard InChI is InChI=1S/C16H14ClN3O2S2/c1-9-10(17)4-3-5-11(9)18-13(21)8-20-15(22)14-12(6-7-24-14)19-16(20)23-2/h3-7H,8H2,1-2H3,(H,18,21). The molecule has 0 saturated carbocycles. The largest absolute Gasteiger partial charge is 0.324 e. The molecule has 5 nitrogen and oxygen atoms in total. The molecule has 0 aliphatic rings. The summed E-state index contributed by atoms with van der Waals surface area (Å²) in [7, 11) is 0. The lowest BCUT2D eigenvalue weighted by atomic mass is 10.2. The topological polar surface area (TPSA) is 64.0 Å². The smallest absolute Gasteiger partial charge is 0.272 e. The predicted octanol–water partition coefficient (Wildman–Crippen LogP) is 3.78. The highest BCUT2D eigenvalue weighted by atomic mass is 35.5. The van der Waals surface area contributed by atoms with E-state index in [1.807, 2.05) is 18.6 Å². The lowest BCUT2D eigenvalue weighted by molar-refractivity contribution is -0.116. The Hall–Kier alpha value is -1.83. The molecule has 1 amide bonds. The molecular weight excluding hydrogens is 366 g/mol. The molecule has 1 N–H and O–H groups in total. The van der Waals surface area contributed by atoms with Gasteiger partial charge >= 0.3 is 0 Å². The monoisotopic (exact) mass is 379 g/mol. The summed E-state index contributed by atoms with van der Waals surface area (Å²) in [4.78, 5) is 29.4. The van der Waals surface area contributed by atoms with Gasteiger partial charge in [0.25, 0.3) is 5.56 Å². The molecule has 8 heteroatoms. The molecule has 3 rings (SSSR count). The number of hydrogen-bond acceptors (Lipinski definition) is 5. The van der Waals surface area contributed by atoms with E-state index in [9.17, 15) is 9.59 Å². The van der Waals surface area contributed by atoms with E-state index in [0.717, 1.165) is 5.56 Å². The van der Waals surface area contributed by atoms with Crippen LogP contribution in [0.5, 0.6) is 0 Å². The summed E-state index contributed by atoms with van der Waals surface area (Å²) in [5, 5.41) is 5.72. The summed E-state index contributed by atoms with van der Waals surface area (Å²) in [6.07, 6.45) is 1.83. The number of benzene rings is 1. The number of anilines is 1. The van der Waals surface area contributed by atoms with Crippen molar-refractivity contribution in [2.75, 3.05) is 11.6 Å². The van der Waals surface area contributed by atoms with E-state index in [-0.39, 0.29) is 18.0 Å². The fraction of sp³-hybridized carbons (Fsp3) is 0.188. The van der Waals surface area contributed by atoms with Gasteiger partial charge in [-0.3, -0.25) is 14.2 Å². The third-order valence-corrected chi connectivity index (χ3v) is 5.53. The van der Waals surface area contributed by atoms with Gasteiger partial charge in [0.2, 0.25) is 5.91 Å². The van der Waals surface area contributed by atoms with Crippen molar-refractivity contribution in [2.45, 2.75) is 18.6 Å². The molecule has 1 aromatic carbocycles. The molecule has 3 aromatic rings. The van der Waals surface area contributed by atoms with Crippen LogP contribution < -0.4 is 10.9 Å². The van der Waals surface area contributed by atoms with Crippen molar-refractivity contribution in [3.63, 3.8) is 0 Å². The maximum absolute atomic E-state index is 12.6. The van der Waals surface area contributed by atoms with E-state index in [1.54, 1.807) is 24.3 Å². The van der Waals surface area contributed by atoms with E-state index >= 15 is 0 Å². The first-order valence-electron chi connectivity index (χ1n) is 7.08. The Morgan fingerprint density at radius 3 is 2.96 bits per heavy atom. The molecule has 0 spiro atoms. The van der Waals surface area contributed by atoms with Crippen molar-refractivity contribution in [1.82, 2.24) is 9.55 Å². The third kappa shape index (κ3) is 3.19. The van der Waals surface area contributed by atoms with Gasteiger partial charge in [0.1, 0.15) is 11.2 Å². The van der Waals surface area contributed by atoms with Crippen molar-refractivity contribution in [1.29, 1.82) is 0 Å². The molecule has 2 heterocycles. The Morgan fingerprint density at radius 2 is 2.21 bits per heavy atom. The third-order valence-electron chi connectivity index (χ3n) is 3.56. The summed E-state index contributed by atoms with van der Waals surface area (Å²) in [5.74, 6) is -0.296. The van der Waals surface area contributed by atoms with Crippen molar-refractivity contribution >= 4 is 56.5 Å². The van der Waals surface area contributed by atoms with Crippen LogP contribution in [0.1, 0.15) is 5.56 Å². The molecule has 0 fully saturated rings. The first-order valence-corrected chi connectivity index (χ1v) is 9.56. The van der Waals surface area contributed by atoms with Crippen LogP contribution in [-0.4, -0.2) is 21.7 Å². The average molecular weight is 380 g/mol. The first kappa shape index (κ1) is 17.0. The van der Waals surface area contributed by atoms with Crippen LogP contribution in [0.4, 0.5) is 5.69 Å². The number of carbonyl (C=O) groups is 1. The van der Waals surface area contributed by atoms with Gasteiger partial charge in [-0.05, 0) is 42.3 Å². The number of thioether (sulfide) groups is 1. The number of thiophene rings is 1. The summed E-state index contributed by atoms with van der Waals surface area (Å²) >= 11 is 8.73. The number of fused-ring (bicyclic) bond motifs is 1. The summed E-state index contributed by atoms with van der Waals surface area (Å²) in [6.45, 7) is 1.73. The number of nitrogens with one attached hydrogen (secondary N) is 1. The highest BCUT2D eigenvalue weighted by Gasteiger charge is 2.15. The van der Waals surface area contributed by atoms with E-state index in [2.05, 4.69) is 10.3 Å². The molecule has 0 unspecified atom stereocenters. The molecule has 0 aliphatic carbocycles. The molecule has 0 radical (unpaired) electrons. The number of carbonyl (C=O) groups excluding carboxylic acids is 1. The predicted molar refractivity (Wildman–Crippen MR) is 100 cm³/mol. The molecule has 2 aromatic heterocycles. The highest BCUT2D eigenvalue weighted by Crippen LogP contribution is 2.23. The molecule has 0 aliphatic heterocycles. The van der Waals surface area contributed by atoms with Crippen LogP contribution in [0.2, 0.25) is 5.02 Å². The Labute approximate surface area is 151 Å². The van der Waals surface area contributed by atoms with Crippen LogP contribution in [0, 0.1) is 6.92 Å². The molecule has 0 atom stereocenters. The van der Waals surface area contributed by atoms with Gasteiger partial charge in [-0.2, -0.15) is 0 Å². The van der Waals surface area contributed by atoms with Crippen molar-refractivity contribution in [2.24, 2.45) is 0 Å². The van der Waals surface area contributed by atoms with Gasteiger partial charge in [-0.15, -0.1) is 11.3 Å². The number of hydrogen-bond donors (Lipinski definition) is 1. The van der Waals surface area contributed by atoms with Gasteiger partial charge < -0.3 is 5.32 Å². The van der Waals surface area contributed by atoms with Crippen LogP contribution in [0.3, 0.4) is 0 Å². The van der Waals surface area contributed by atoms with Crippen molar-refractivity contribution < 1.29 is 4.79 Å². The zero-order valence-corrected chi connectivity index (χ0v) is 15.4. The van der Waals surface area contributed by atoms with Crippen LogP contribution in [-0.2, 0) is 11.3 Å². The normalized spacial score (nSPS) is 11.0. The summed E-state index contributed by atoms with van der Waals surface area (Å²) < 4.78 is 1.96. The molecule has 0 saturated heterocycles. The minimum Gasteiger partial charge on any atom is -0.324 e. The van der Waals surface area contributed by atoms with E-state index < -0.39 is 0 Å². The Morgan fingerprint density at radius 1 is 1.42 bits per heavy atom. The maximum atomic E-state index is 12.6. The Balaban J connectivity index is 1.91. The molecular formula is C16H14ClN3O2S2. The number of nitrogens with zero attached hydrogens (tertiary/aromatic N) is 2. The van der Waals surface area contributed by atoms with Gasteiger partial charge in [0.05, 0.1) is 5.52 Å². The van der Waals surface area contributed by atoms with Gasteiger partial charge in [-0.1, -0.05) is 29.4 Å². The highest BCUT2D eigenvalue weighted by molar-refractivity contribution is 7.98. The van der Waals surface area contributed by atoms with E-state index in [0.29, 0.717) is 26.1 Å². The van der Waals surface area contributed by atoms with Gasteiger partial charge in [0.15, 0.2) is 5.16 Å². The second-order valence-electron chi connectivity index (χ2n) is 5.09. The van der Waals surface area contributed by atoms with Gasteiger partial charge in [-0.25, -0.2) is 4.98 Å². The van der Waals surface area contributed by atoms with E-state index in [4.69, 9.17) is 11.6 Å².